The van der Waals surface area contributed by atoms with Crippen molar-refractivity contribution in [1.82, 2.24) is 9.88 Å². The number of nitrogens with one attached hydrogen (secondary N) is 2. The zero-order chi connectivity index (χ0) is 17.6. The minimum Gasteiger partial charge on any atom is -0.464 e. The van der Waals surface area contributed by atoms with Gasteiger partial charge in [-0.3, -0.25) is 4.79 Å². The van der Waals surface area contributed by atoms with Crippen LogP contribution in [0.15, 0.2) is 12.3 Å². The molecule has 8 nitrogen and oxygen atoms in total. The summed E-state index contributed by atoms with van der Waals surface area (Å²) in [6.45, 7) is 5.42. The first kappa shape index (κ1) is 18.5. The van der Waals surface area contributed by atoms with Gasteiger partial charge in [0.15, 0.2) is 0 Å². The van der Waals surface area contributed by atoms with E-state index in [4.69, 9.17) is 4.74 Å². The topological polar surface area (TPSA) is 98.7 Å². The zero-order valence-corrected chi connectivity index (χ0v) is 14.1. The van der Waals surface area contributed by atoms with Gasteiger partial charge in [-0.25, -0.2) is 9.59 Å². The summed E-state index contributed by atoms with van der Waals surface area (Å²) in [5.41, 5.74) is 0.227. The minimum absolute atomic E-state index is 0.0850. The lowest BCUT2D eigenvalue weighted by Crippen LogP contribution is -2.34. The van der Waals surface area contributed by atoms with Crippen molar-refractivity contribution in [2.45, 2.75) is 32.8 Å². The van der Waals surface area contributed by atoms with Crippen LogP contribution in [0.3, 0.4) is 0 Å². The standard InChI is InChI=1S/C15H23N3O5/c1-15(2,3)23-14(21)16-7-6-12(19)17-10-8-11(13(20)22-5)18(4)9-10/h8-9H,6-7H2,1-5H3,(H,16,21)(H,17,19). The Morgan fingerprint density at radius 2 is 1.91 bits per heavy atom. The van der Waals surface area contributed by atoms with Crippen molar-refractivity contribution in [3.8, 4) is 0 Å². The second-order valence-electron chi connectivity index (χ2n) is 5.94. The van der Waals surface area contributed by atoms with Gasteiger partial charge in [0, 0.05) is 26.2 Å². The van der Waals surface area contributed by atoms with E-state index in [0.717, 1.165) is 0 Å². The third kappa shape index (κ3) is 6.41. The van der Waals surface area contributed by atoms with Gasteiger partial charge in [0.1, 0.15) is 11.3 Å². The van der Waals surface area contributed by atoms with E-state index in [1.807, 2.05) is 0 Å². The number of rotatable bonds is 5. The molecule has 0 aromatic carbocycles. The fraction of sp³-hybridized carbons (Fsp3) is 0.533. The SMILES string of the molecule is COC(=O)c1cc(NC(=O)CCNC(=O)OC(C)(C)C)cn1C. The molecule has 0 saturated carbocycles. The van der Waals surface area contributed by atoms with E-state index < -0.39 is 17.7 Å². The monoisotopic (exact) mass is 325 g/mol. The average Bonchev–Trinajstić information content (AvgIpc) is 2.76. The highest BCUT2D eigenvalue weighted by Gasteiger charge is 2.16. The van der Waals surface area contributed by atoms with Crippen LogP contribution >= 0.6 is 0 Å². The number of esters is 1. The van der Waals surface area contributed by atoms with Crippen LogP contribution in [-0.2, 0) is 21.3 Å². The second kappa shape index (κ2) is 7.66. The lowest BCUT2D eigenvalue weighted by atomic mass is 10.2. The molecule has 0 radical (unpaired) electrons. The molecule has 23 heavy (non-hydrogen) atoms. The minimum atomic E-state index is -0.583. The maximum atomic E-state index is 11.8. The Labute approximate surface area is 135 Å². The number of hydrogen-bond donors (Lipinski definition) is 2. The molecule has 0 atom stereocenters. The Hall–Kier alpha value is -2.51. The third-order valence-electron chi connectivity index (χ3n) is 2.70. The molecular weight excluding hydrogens is 302 g/mol. The fourth-order valence-corrected chi connectivity index (χ4v) is 1.76. The molecule has 0 bridgehead atoms. The summed E-state index contributed by atoms with van der Waals surface area (Å²) in [6.07, 6.45) is 1.12. The molecule has 0 aliphatic heterocycles. The molecule has 128 valence electrons. The first-order valence-electron chi connectivity index (χ1n) is 7.14. The van der Waals surface area contributed by atoms with Gasteiger partial charge in [0.05, 0.1) is 12.8 Å². The molecule has 1 aromatic heterocycles. The largest absolute Gasteiger partial charge is 0.464 e. The fourth-order valence-electron chi connectivity index (χ4n) is 1.76. The maximum Gasteiger partial charge on any atom is 0.407 e. The highest BCUT2D eigenvalue weighted by molar-refractivity contribution is 5.94. The van der Waals surface area contributed by atoms with E-state index >= 15 is 0 Å². The van der Waals surface area contributed by atoms with Crippen LogP contribution in [0.25, 0.3) is 0 Å². The number of aromatic nitrogens is 1. The van der Waals surface area contributed by atoms with Gasteiger partial charge in [-0.1, -0.05) is 0 Å². The molecular formula is C15H23N3O5. The lowest BCUT2D eigenvalue weighted by molar-refractivity contribution is -0.116. The smallest absolute Gasteiger partial charge is 0.407 e. The Morgan fingerprint density at radius 1 is 1.26 bits per heavy atom. The Kier molecular flexibility index (Phi) is 6.18. The molecule has 2 N–H and O–H groups in total. The number of aryl methyl sites for hydroxylation is 1. The molecule has 0 spiro atoms. The number of carbonyl (C=O) groups excluding carboxylic acids is 3. The number of hydrogen-bond acceptors (Lipinski definition) is 5. The van der Waals surface area contributed by atoms with Crippen LogP contribution in [0, 0.1) is 0 Å². The highest BCUT2D eigenvalue weighted by atomic mass is 16.6. The van der Waals surface area contributed by atoms with Crippen molar-refractivity contribution in [2.24, 2.45) is 7.05 Å². The summed E-state index contributed by atoms with van der Waals surface area (Å²) in [7, 11) is 2.96. The number of anilines is 1. The van der Waals surface area contributed by atoms with Crippen molar-refractivity contribution in [3.63, 3.8) is 0 Å². The van der Waals surface area contributed by atoms with Gasteiger partial charge in [0.25, 0.3) is 0 Å². The summed E-state index contributed by atoms with van der Waals surface area (Å²) in [5.74, 6) is -0.775. The molecule has 2 amide bonds. The molecule has 8 heteroatoms. The Balaban J connectivity index is 2.43. The summed E-state index contributed by atoms with van der Waals surface area (Å²) < 4.78 is 11.2. The van der Waals surface area contributed by atoms with Crippen LogP contribution in [0.4, 0.5) is 10.5 Å². The summed E-state index contributed by atoms with van der Waals surface area (Å²) >= 11 is 0. The Bertz CT molecular complexity index is 586. The van der Waals surface area contributed by atoms with Gasteiger partial charge in [-0.05, 0) is 26.8 Å². The van der Waals surface area contributed by atoms with Crippen LogP contribution < -0.4 is 10.6 Å². The number of amides is 2. The normalized spacial score (nSPS) is 10.8. The van der Waals surface area contributed by atoms with Crippen LogP contribution in [0.5, 0.6) is 0 Å². The van der Waals surface area contributed by atoms with Crippen molar-refractivity contribution in [3.05, 3.63) is 18.0 Å². The molecule has 1 rings (SSSR count). The van der Waals surface area contributed by atoms with E-state index in [1.54, 1.807) is 38.6 Å². The predicted octanol–water partition coefficient (Wildman–Crippen LogP) is 1.66. The van der Waals surface area contributed by atoms with Crippen molar-refractivity contribution in [1.29, 1.82) is 0 Å². The molecule has 0 aliphatic carbocycles. The van der Waals surface area contributed by atoms with E-state index in [1.165, 1.54) is 13.2 Å². The lowest BCUT2D eigenvalue weighted by Gasteiger charge is -2.19. The molecule has 0 fully saturated rings. The first-order chi connectivity index (χ1) is 10.6. The van der Waals surface area contributed by atoms with Gasteiger partial charge in [-0.15, -0.1) is 0 Å². The zero-order valence-electron chi connectivity index (χ0n) is 14.1. The van der Waals surface area contributed by atoms with E-state index in [0.29, 0.717) is 11.4 Å². The number of ether oxygens (including phenoxy) is 2. The molecule has 1 aromatic rings. The number of alkyl carbamates (subject to hydrolysis) is 1. The second-order valence-corrected chi connectivity index (χ2v) is 5.94. The van der Waals surface area contributed by atoms with E-state index in [2.05, 4.69) is 15.4 Å². The van der Waals surface area contributed by atoms with Gasteiger partial charge in [0.2, 0.25) is 5.91 Å². The molecule has 0 aliphatic rings. The van der Waals surface area contributed by atoms with Crippen molar-refractivity contribution >= 4 is 23.7 Å². The van der Waals surface area contributed by atoms with Crippen LogP contribution in [0.1, 0.15) is 37.7 Å². The average molecular weight is 325 g/mol. The van der Waals surface area contributed by atoms with E-state index in [9.17, 15) is 14.4 Å². The number of nitrogens with zero attached hydrogens (tertiary/aromatic N) is 1. The van der Waals surface area contributed by atoms with Crippen molar-refractivity contribution in [2.75, 3.05) is 19.0 Å². The highest BCUT2D eigenvalue weighted by Crippen LogP contribution is 2.14. The summed E-state index contributed by atoms with van der Waals surface area (Å²) in [6, 6.07) is 1.52. The summed E-state index contributed by atoms with van der Waals surface area (Å²) in [4.78, 5) is 34.7. The number of methoxy groups -OCH3 is 1. The van der Waals surface area contributed by atoms with Gasteiger partial charge < -0.3 is 24.7 Å². The maximum absolute atomic E-state index is 11.8. The van der Waals surface area contributed by atoms with Crippen LogP contribution in [-0.4, -0.2) is 41.8 Å². The van der Waals surface area contributed by atoms with Gasteiger partial charge in [-0.2, -0.15) is 0 Å². The Morgan fingerprint density at radius 3 is 2.48 bits per heavy atom. The quantitative estimate of drug-likeness (QED) is 0.802. The van der Waals surface area contributed by atoms with Crippen molar-refractivity contribution < 1.29 is 23.9 Å². The summed E-state index contributed by atoms with van der Waals surface area (Å²) in [5, 5.41) is 5.14. The predicted molar refractivity (Wildman–Crippen MR) is 84.2 cm³/mol. The van der Waals surface area contributed by atoms with Crippen LogP contribution in [0.2, 0.25) is 0 Å². The number of carbonyl (C=O) groups is 3. The van der Waals surface area contributed by atoms with Gasteiger partial charge >= 0.3 is 12.1 Å². The molecule has 1 heterocycles. The first-order valence-corrected chi connectivity index (χ1v) is 7.14. The third-order valence-corrected chi connectivity index (χ3v) is 2.70. The van der Waals surface area contributed by atoms with E-state index in [-0.39, 0.29) is 18.9 Å². The molecule has 0 unspecified atom stereocenters. The molecule has 0 saturated heterocycles.